The van der Waals surface area contributed by atoms with Crippen LogP contribution in [0.1, 0.15) is 24.8 Å². The number of hydrogen-bond acceptors (Lipinski definition) is 4. The second-order valence-electron chi connectivity index (χ2n) is 6.13. The average Bonchev–Trinajstić information content (AvgIpc) is 3.11. The number of sulfone groups is 1. The Kier molecular flexibility index (Phi) is 4.39. The SMILES string of the molecule is O=C(NCc1ccc(N2CCCC2=O)cc1)[C@@H]1CCS(=O)(=O)C1. The van der Waals surface area contributed by atoms with Crippen molar-refractivity contribution in [3.63, 3.8) is 0 Å². The highest BCUT2D eigenvalue weighted by Gasteiger charge is 2.32. The van der Waals surface area contributed by atoms with Gasteiger partial charge in [-0.2, -0.15) is 0 Å². The number of carbonyl (C=O) groups excluding carboxylic acids is 2. The summed E-state index contributed by atoms with van der Waals surface area (Å²) in [4.78, 5) is 25.5. The molecule has 1 atom stereocenters. The van der Waals surface area contributed by atoms with Crippen LogP contribution < -0.4 is 10.2 Å². The topological polar surface area (TPSA) is 83.6 Å². The molecule has 1 aromatic carbocycles. The summed E-state index contributed by atoms with van der Waals surface area (Å²) in [6.07, 6.45) is 1.90. The molecule has 0 spiro atoms. The van der Waals surface area contributed by atoms with Gasteiger partial charge in [-0.3, -0.25) is 9.59 Å². The van der Waals surface area contributed by atoms with Gasteiger partial charge in [-0.15, -0.1) is 0 Å². The lowest BCUT2D eigenvalue weighted by atomic mass is 10.1. The number of benzene rings is 1. The van der Waals surface area contributed by atoms with Crippen molar-refractivity contribution in [3.05, 3.63) is 29.8 Å². The molecule has 0 aliphatic carbocycles. The van der Waals surface area contributed by atoms with Crippen molar-refractivity contribution in [2.24, 2.45) is 5.92 Å². The lowest BCUT2D eigenvalue weighted by molar-refractivity contribution is -0.124. The fraction of sp³-hybridized carbons (Fsp3) is 0.500. The van der Waals surface area contributed by atoms with Crippen molar-refractivity contribution >= 4 is 27.3 Å². The molecule has 23 heavy (non-hydrogen) atoms. The van der Waals surface area contributed by atoms with E-state index in [2.05, 4.69) is 5.32 Å². The first-order valence-electron chi connectivity index (χ1n) is 7.82. The first kappa shape index (κ1) is 16.0. The Morgan fingerprint density at radius 3 is 2.57 bits per heavy atom. The largest absolute Gasteiger partial charge is 0.352 e. The molecule has 7 heteroatoms. The summed E-state index contributed by atoms with van der Waals surface area (Å²) < 4.78 is 22.8. The average molecular weight is 336 g/mol. The molecule has 2 aliphatic rings. The quantitative estimate of drug-likeness (QED) is 0.884. The zero-order valence-corrected chi connectivity index (χ0v) is 13.6. The molecule has 0 saturated carbocycles. The number of nitrogens with zero attached hydrogens (tertiary/aromatic N) is 1. The molecule has 3 rings (SSSR count). The summed E-state index contributed by atoms with van der Waals surface area (Å²) in [7, 11) is -3.04. The Bertz CT molecular complexity index is 712. The van der Waals surface area contributed by atoms with Gasteiger partial charge in [0.15, 0.2) is 9.84 Å². The van der Waals surface area contributed by atoms with E-state index in [1.807, 2.05) is 24.3 Å². The van der Waals surface area contributed by atoms with Crippen LogP contribution in [-0.2, 0) is 26.0 Å². The van der Waals surface area contributed by atoms with Gasteiger partial charge < -0.3 is 10.2 Å². The highest BCUT2D eigenvalue weighted by molar-refractivity contribution is 7.91. The zero-order valence-electron chi connectivity index (χ0n) is 12.8. The van der Waals surface area contributed by atoms with Crippen LogP contribution >= 0.6 is 0 Å². The molecule has 0 unspecified atom stereocenters. The minimum Gasteiger partial charge on any atom is -0.352 e. The first-order valence-corrected chi connectivity index (χ1v) is 9.64. The maximum atomic E-state index is 12.0. The van der Waals surface area contributed by atoms with E-state index < -0.39 is 15.8 Å². The molecule has 2 fully saturated rings. The van der Waals surface area contributed by atoms with Crippen molar-refractivity contribution in [1.82, 2.24) is 5.32 Å². The van der Waals surface area contributed by atoms with Crippen LogP contribution in [0.15, 0.2) is 24.3 Å². The van der Waals surface area contributed by atoms with E-state index in [4.69, 9.17) is 0 Å². The molecule has 1 aromatic rings. The normalized spacial score (nSPS) is 23.2. The molecule has 124 valence electrons. The van der Waals surface area contributed by atoms with Crippen molar-refractivity contribution in [2.75, 3.05) is 23.0 Å². The van der Waals surface area contributed by atoms with E-state index >= 15 is 0 Å². The van der Waals surface area contributed by atoms with Crippen LogP contribution in [0, 0.1) is 5.92 Å². The van der Waals surface area contributed by atoms with Crippen LogP contribution in [0.2, 0.25) is 0 Å². The molecule has 0 radical (unpaired) electrons. The van der Waals surface area contributed by atoms with E-state index in [1.165, 1.54) is 0 Å². The number of nitrogens with one attached hydrogen (secondary N) is 1. The highest BCUT2D eigenvalue weighted by atomic mass is 32.2. The van der Waals surface area contributed by atoms with Gasteiger partial charge in [-0.1, -0.05) is 12.1 Å². The summed E-state index contributed by atoms with van der Waals surface area (Å²) >= 11 is 0. The van der Waals surface area contributed by atoms with Gasteiger partial charge >= 0.3 is 0 Å². The summed E-state index contributed by atoms with van der Waals surface area (Å²) in [5.74, 6) is -0.432. The summed E-state index contributed by atoms with van der Waals surface area (Å²) in [6, 6.07) is 7.52. The summed E-state index contributed by atoms with van der Waals surface area (Å²) in [6.45, 7) is 1.12. The van der Waals surface area contributed by atoms with Gasteiger partial charge in [0.2, 0.25) is 11.8 Å². The number of anilines is 1. The van der Waals surface area contributed by atoms with Gasteiger partial charge in [0.1, 0.15) is 0 Å². The molecular weight excluding hydrogens is 316 g/mol. The molecule has 1 N–H and O–H groups in total. The van der Waals surface area contributed by atoms with Crippen LogP contribution in [0.25, 0.3) is 0 Å². The third kappa shape index (κ3) is 3.72. The van der Waals surface area contributed by atoms with E-state index in [-0.39, 0.29) is 23.3 Å². The van der Waals surface area contributed by atoms with E-state index in [1.54, 1.807) is 4.90 Å². The maximum Gasteiger partial charge on any atom is 0.227 e. The Balaban J connectivity index is 1.54. The molecule has 2 aliphatic heterocycles. The second kappa shape index (κ2) is 6.31. The molecule has 6 nitrogen and oxygen atoms in total. The van der Waals surface area contributed by atoms with Crippen LogP contribution in [0.5, 0.6) is 0 Å². The minimum atomic E-state index is -3.04. The molecule has 2 saturated heterocycles. The molecule has 0 aromatic heterocycles. The predicted octanol–water partition coefficient (Wildman–Crippen LogP) is 0.864. The fourth-order valence-corrected chi connectivity index (χ4v) is 4.79. The first-order chi connectivity index (χ1) is 10.9. The fourth-order valence-electron chi connectivity index (χ4n) is 3.05. The van der Waals surface area contributed by atoms with E-state index in [0.29, 0.717) is 19.4 Å². The van der Waals surface area contributed by atoms with E-state index in [9.17, 15) is 18.0 Å². The third-order valence-electron chi connectivity index (χ3n) is 4.39. The molecule has 2 amide bonds. The van der Waals surface area contributed by atoms with Crippen LogP contribution in [0.3, 0.4) is 0 Å². The Labute approximate surface area is 135 Å². The number of hydrogen-bond donors (Lipinski definition) is 1. The van der Waals surface area contributed by atoms with Crippen molar-refractivity contribution in [1.29, 1.82) is 0 Å². The van der Waals surface area contributed by atoms with Crippen molar-refractivity contribution in [2.45, 2.75) is 25.8 Å². The third-order valence-corrected chi connectivity index (χ3v) is 6.16. The molecule has 0 bridgehead atoms. The highest BCUT2D eigenvalue weighted by Crippen LogP contribution is 2.22. The smallest absolute Gasteiger partial charge is 0.227 e. The lowest BCUT2D eigenvalue weighted by Gasteiger charge is -2.16. The standard InChI is InChI=1S/C16H20N2O4S/c19-15-2-1-8-18(15)14-5-3-12(4-6-14)10-17-16(20)13-7-9-23(21,22)11-13/h3-6,13H,1-2,7-11H2,(H,17,20)/t13-/m1/s1. The second-order valence-corrected chi connectivity index (χ2v) is 8.36. The Hall–Kier alpha value is -1.89. The lowest BCUT2D eigenvalue weighted by Crippen LogP contribution is -2.31. The van der Waals surface area contributed by atoms with E-state index in [0.717, 1.165) is 24.2 Å². The summed E-state index contributed by atoms with van der Waals surface area (Å²) in [5, 5.41) is 2.79. The monoisotopic (exact) mass is 336 g/mol. The Morgan fingerprint density at radius 1 is 1.26 bits per heavy atom. The molecule has 2 heterocycles. The zero-order chi connectivity index (χ0) is 16.4. The number of rotatable bonds is 4. The van der Waals surface area contributed by atoms with Gasteiger partial charge in [0.25, 0.3) is 0 Å². The van der Waals surface area contributed by atoms with Crippen molar-refractivity contribution in [3.8, 4) is 0 Å². The van der Waals surface area contributed by atoms with Gasteiger partial charge in [-0.25, -0.2) is 8.42 Å². The van der Waals surface area contributed by atoms with Crippen molar-refractivity contribution < 1.29 is 18.0 Å². The van der Waals surface area contributed by atoms with Gasteiger partial charge in [0, 0.05) is 25.2 Å². The Morgan fingerprint density at radius 2 is 2.00 bits per heavy atom. The summed E-state index contributed by atoms with van der Waals surface area (Å²) in [5.41, 5.74) is 1.80. The maximum absolute atomic E-state index is 12.0. The predicted molar refractivity (Wildman–Crippen MR) is 86.6 cm³/mol. The molecular formula is C16H20N2O4S. The number of carbonyl (C=O) groups is 2. The van der Waals surface area contributed by atoms with Crippen LogP contribution in [-0.4, -0.2) is 38.3 Å². The minimum absolute atomic E-state index is 0.0468. The van der Waals surface area contributed by atoms with Gasteiger partial charge in [0.05, 0.1) is 17.4 Å². The number of amides is 2. The van der Waals surface area contributed by atoms with Gasteiger partial charge in [-0.05, 0) is 30.5 Å². The van der Waals surface area contributed by atoms with Crippen LogP contribution in [0.4, 0.5) is 5.69 Å².